The van der Waals surface area contributed by atoms with Crippen molar-refractivity contribution in [2.24, 2.45) is 10.8 Å². The summed E-state index contributed by atoms with van der Waals surface area (Å²) in [6.45, 7) is 12.1. The van der Waals surface area contributed by atoms with Gasteiger partial charge in [-0.3, -0.25) is 4.79 Å². The van der Waals surface area contributed by atoms with E-state index in [-0.39, 0.29) is 57.0 Å². The maximum absolute atomic E-state index is 12.2. The van der Waals surface area contributed by atoms with Crippen LogP contribution in [0.1, 0.15) is 67.2 Å². The third kappa shape index (κ3) is 6.00. The van der Waals surface area contributed by atoms with Crippen LogP contribution in [0.5, 0.6) is 0 Å². The van der Waals surface area contributed by atoms with E-state index < -0.39 is 0 Å². The van der Waals surface area contributed by atoms with E-state index in [4.69, 9.17) is 4.98 Å². The average Bonchev–Trinajstić information content (AvgIpc) is 3.33. The fourth-order valence-electron chi connectivity index (χ4n) is 5.20. The van der Waals surface area contributed by atoms with E-state index in [0.29, 0.717) is 14.5 Å². The van der Waals surface area contributed by atoms with Crippen molar-refractivity contribution in [2.75, 3.05) is 0 Å². The van der Waals surface area contributed by atoms with Crippen LogP contribution < -0.4 is 0 Å². The quantitative estimate of drug-likeness (QED) is 0.0754. The monoisotopic (exact) mass is 869 g/mol. The molecule has 0 aliphatic carbocycles. The van der Waals surface area contributed by atoms with Crippen LogP contribution in [0.4, 0.5) is 0 Å². The fourth-order valence-corrected chi connectivity index (χ4v) is 10.3. The number of allylic oxidation sites excluding steroid dienone is 2. The average molecular weight is 867 g/mol. The molecule has 3 heterocycles. The Morgan fingerprint density at radius 2 is 1.43 bits per heavy atom. The second kappa shape index (κ2) is 13.3. The molecular formula is C36H38IrNO2Se2-. The summed E-state index contributed by atoms with van der Waals surface area (Å²) in [5, 5.41) is 15.5. The van der Waals surface area contributed by atoms with Crippen molar-refractivity contribution in [1.82, 2.24) is 4.98 Å². The molecule has 0 fully saturated rings. The third-order valence-electron chi connectivity index (χ3n) is 9.16. The number of benzene rings is 3. The van der Waals surface area contributed by atoms with Gasteiger partial charge in [0.15, 0.2) is 5.78 Å². The van der Waals surface area contributed by atoms with Crippen LogP contribution in [-0.4, -0.2) is 44.9 Å². The molecular weight excluding hydrogens is 829 g/mol. The van der Waals surface area contributed by atoms with Gasteiger partial charge in [-0.25, -0.2) is 0 Å². The summed E-state index contributed by atoms with van der Waals surface area (Å²) in [5.41, 5.74) is 1.62. The Labute approximate surface area is 274 Å². The molecule has 0 spiro atoms. The van der Waals surface area contributed by atoms with E-state index in [2.05, 4.69) is 66.7 Å². The van der Waals surface area contributed by atoms with Crippen LogP contribution in [0.3, 0.4) is 0 Å². The van der Waals surface area contributed by atoms with E-state index in [1.807, 2.05) is 41.5 Å². The molecule has 1 radical (unpaired) electrons. The first-order valence-corrected chi connectivity index (χ1v) is 18.0. The first-order chi connectivity index (χ1) is 19.7. The van der Waals surface area contributed by atoms with Gasteiger partial charge < -0.3 is 5.11 Å². The number of hydrogen-bond acceptors (Lipinski definition) is 3. The molecule has 0 atom stereocenters. The van der Waals surface area contributed by atoms with Gasteiger partial charge in [0.1, 0.15) is 5.76 Å². The van der Waals surface area contributed by atoms with E-state index in [1.165, 1.54) is 44.7 Å². The third-order valence-corrected chi connectivity index (χ3v) is 13.8. The van der Waals surface area contributed by atoms with Gasteiger partial charge in [-0.15, -0.1) is 0 Å². The number of aromatic nitrogens is 1. The minimum absolute atomic E-state index is 0. The Hall–Kier alpha value is -2.03. The van der Waals surface area contributed by atoms with Gasteiger partial charge in [0, 0.05) is 37.0 Å². The molecule has 0 aliphatic rings. The number of ketones is 1. The zero-order valence-corrected chi connectivity index (χ0v) is 31.0. The Kier molecular flexibility index (Phi) is 10.4. The maximum atomic E-state index is 12.2. The standard InChI is InChI=1S/C21H10NSe2.C15H28O2.Ir/c1-2-7-14-12(5-1)11-18-21(22-14)13-6-3-8-15-19(13)20-16(23-15)9-4-10-17(20)24-18;1-7-14(5,8-2)12(16)11-13(17)15(6,9-3)10-4;/h1-5,7-11H;11,16H,7-10H2,1-6H3;/q-1;;/b;12-11-;. The molecule has 3 aromatic carbocycles. The molecule has 1 N–H and O–H groups in total. The molecule has 0 aliphatic heterocycles. The van der Waals surface area contributed by atoms with Gasteiger partial charge in [-0.2, -0.15) is 0 Å². The van der Waals surface area contributed by atoms with Crippen LogP contribution in [-0.2, 0) is 24.9 Å². The summed E-state index contributed by atoms with van der Waals surface area (Å²) >= 11 is 0.692. The number of carbonyl (C=O) groups excluding carboxylic acids is 1. The topological polar surface area (TPSA) is 50.2 Å². The van der Waals surface area contributed by atoms with Crippen molar-refractivity contribution in [3.05, 3.63) is 78.6 Å². The second-order valence-electron chi connectivity index (χ2n) is 11.4. The Morgan fingerprint density at radius 3 is 2.07 bits per heavy atom. The van der Waals surface area contributed by atoms with E-state index in [9.17, 15) is 9.90 Å². The number of para-hydroxylation sites is 1. The van der Waals surface area contributed by atoms with Crippen LogP contribution in [0.15, 0.2) is 72.5 Å². The van der Waals surface area contributed by atoms with E-state index in [1.54, 1.807) is 0 Å². The summed E-state index contributed by atoms with van der Waals surface area (Å²) in [7, 11) is 0. The Bertz CT molecular complexity index is 1910. The van der Waals surface area contributed by atoms with Crippen LogP contribution in [0.2, 0.25) is 0 Å². The van der Waals surface area contributed by atoms with Crippen LogP contribution >= 0.6 is 0 Å². The zero-order chi connectivity index (χ0) is 29.4. The summed E-state index contributed by atoms with van der Waals surface area (Å²) in [5.74, 6) is 0.286. The first kappa shape index (κ1) is 32.9. The van der Waals surface area contributed by atoms with Gasteiger partial charge in [0.05, 0.1) is 0 Å². The molecule has 6 aromatic rings. The number of carbonyl (C=O) groups is 1. The molecule has 0 unspecified atom stereocenters. The number of fused-ring (bicyclic) bond motifs is 3. The predicted octanol–water partition coefficient (Wildman–Crippen LogP) is 9.41. The molecule has 6 heteroatoms. The van der Waals surface area contributed by atoms with Crippen LogP contribution in [0, 0.1) is 16.9 Å². The van der Waals surface area contributed by atoms with Crippen molar-refractivity contribution in [3.8, 4) is 0 Å². The van der Waals surface area contributed by atoms with Gasteiger partial charge in [-0.05, 0) is 25.7 Å². The Balaban J connectivity index is 0.000000203. The number of aliphatic hydroxyl groups excluding tert-OH is 1. The number of pyridine rings is 1. The molecule has 6 rings (SSSR count). The van der Waals surface area contributed by atoms with E-state index >= 15 is 0 Å². The summed E-state index contributed by atoms with van der Waals surface area (Å²) in [6.07, 6.45) is 4.75. The molecule has 0 amide bonds. The summed E-state index contributed by atoms with van der Waals surface area (Å²) < 4.78 is 5.88. The molecule has 42 heavy (non-hydrogen) atoms. The first-order valence-electron chi connectivity index (χ1n) is 14.6. The summed E-state index contributed by atoms with van der Waals surface area (Å²) in [4.78, 5) is 17.2. The van der Waals surface area contributed by atoms with Crippen molar-refractivity contribution in [3.63, 3.8) is 0 Å². The molecule has 0 saturated carbocycles. The summed E-state index contributed by atoms with van der Waals surface area (Å²) in [6, 6.07) is 25.5. The van der Waals surface area contributed by atoms with Crippen LogP contribution in [0.25, 0.3) is 49.6 Å². The van der Waals surface area contributed by atoms with Crippen molar-refractivity contribution < 1.29 is 30.0 Å². The molecule has 3 nitrogen and oxygen atoms in total. The van der Waals surface area contributed by atoms with Crippen molar-refractivity contribution >= 4 is 84.4 Å². The fraction of sp³-hybridized carbons (Fsp3) is 0.333. The Morgan fingerprint density at radius 1 is 0.833 bits per heavy atom. The van der Waals surface area contributed by atoms with Gasteiger partial charge in [-0.1, -0.05) is 41.5 Å². The number of aliphatic hydroxyl groups is 1. The SMILES string of the molecule is CCC(C)(CC)C(=O)/C=C(\O)C(C)(CC)CC.[Ir].[c-]1ccc2[se]c3cccc4[se]c5cc6ccccc6nc5c1c2c43. The molecule has 221 valence electrons. The van der Waals surface area contributed by atoms with Gasteiger partial charge in [0.2, 0.25) is 0 Å². The molecule has 0 bridgehead atoms. The van der Waals surface area contributed by atoms with Gasteiger partial charge >= 0.3 is 150 Å². The zero-order valence-electron chi connectivity index (χ0n) is 25.1. The van der Waals surface area contributed by atoms with Crippen molar-refractivity contribution in [2.45, 2.75) is 67.2 Å². The normalized spacial score (nSPS) is 12.6. The minimum atomic E-state index is -0.337. The number of nitrogens with zero attached hydrogens (tertiary/aromatic N) is 1. The predicted molar refractivity (Wildman–Crippen MR) is 178 cm³/mol. The van der Waals surface area contributed by atoms with Gasteiger partial charge in [0.25, 0.3) is 0 Å². The van der Waals surface area contributed by atoms with Crippen molar-refractivity contribution in [1.29, 1.82) is 0 Å². The molecule has 3 aromatic heterocycles. The van der Waals surface area contributed by atoms with E-state index in [0.717, 1.165) is 36.7 Å². The molecule has 0 saturated heterocycles. The second-order valence-corrected chi connectivity index (χ2v) is 15.9. The number of rotatable bonds is 7. The number of hydrogen-bond donors (Lipinski definition) is 1.